The van der Waals surface area contributed by atoms with Gasteiger partial charge in [0.05, 0.1) is 24.9 Å². The smallest absolute Gasteiger partial charge is 0.321 e. The van der Waals surface area contributed by atoms with Crippen molar-refractivity contribution in [2.75, 3.05) is 32.6 Å². The van der Waals surface area contributed by atoms with Gasteiger partial charge in [0, 0.05) is 25.2 Å². The van der Waals surface area contributed by atoms with Crippen molar-refractivity contribution >= 4 is 23.3 Å². The molecule has 1 fully saturated rings. The Balaban J connectivity index is 1.71. The van der Waals surface area contributed by atoms with Crippen molar-refractivity contribution in [2.45, 2.75) is 12.8 Å². The van der Waals surface area contributed by atoms with Gasteiger partial charge in [-0.2, -0.15) is 0 Å². The van der Waals surface area contributed by atoms with Crippen LogP contribution in [-0.4, -0.2) is 38.2 Å². The van der Waals surface area contributed by atoms with E-state index < -0.39 is 0 Å². The third-order valence-electron chi connectivity index (χ3n) is 4.62. The monoisotopic (exact) mass is 336 g/mol. The lowest BCUT2D eigenvalue weighted by atomic mass is 9.86. The molecular weight excluding hydrogens is 316 g/mol. The Morgan fingerprint density at radius 2 is 1.70 bits per heavy atom. The molecule has 1 heterocycles. The number of benzene rings is 1. The number of ether oxygens (including phenoxy) is 2. The van der Waals surface area contributed by atoms with Gasteiger partial charge in [0.25, 0.3) is 0 Å². The molecule has 5 nitrogen and oxygen atoms in total. The average molecular weight is 337 g/mol. The lowest BCUT2D eigenvalue weighted by molar-refractivity contribution is 0.220. The number of likely N-dealkylation sites (tertiary alicyclic amines) is 1. The highest BCUT2D eigenvalue weighted by atomic mass is 35.5. The van der Waals surface area contributed by atoms with Crippen molar-refractivity contribution in [2.24, 2.45) is 11.8 Å². The molecule has 0 saturated carbocycles. The van der Waals surface area contributed by atoms with E-state index in [1.54, 1.807) is 26.4 Å². The molecule has 2 unspecified atom stereocenters. The van der Waals surface area contributed by atoms with E-state index in [1.165, 1.54) is 0 Å². The van der Waals surface area contributed by atoms with Crippen molar-refractivity contribution in [1.29, 1.82) is 0 Å². The summed E-state index contributed by atoms with van der Waals surface area (Å²) >= 11 is 6.23. The van der Waals surface area contributed by atoms with Gasteiger partial charge >= 0.3 is 6.03 Å². The van der Waals surface area contributed by atoms with Crippen LogP contribution >= 0.6 is 11.6 Å². The Bertz CT molecular complexity index is 617. The predicted molar refractivity (Wildman–Crippen MR) is 90.5 cm³/mol. The summed E-state index contributed by atoms with van der Waals surface area (Å²) in [5.74, 6) is 2.22. The van der Waals surface area contributed by atoms with E-state index in [2.05, 4.69) is 17.5 Å². The van der Waals surface area contributed by atoms with Crippen LogP contribution in [0.4, 0.5) is 10.5 Å². The number of anilines is 1. The lowest BCUT2D eigenvalue weighted by Gasteiger charge is -2.18. The van der Waals surface area contributed by atoms with Crippen LogP contribution in [0.15, 0.2) is 24.3 Å². The minimum Gasteiger partial charge on any atom is -0.493 e. The SMILES string of the molecule is COc1cc(Cl)c(NC(=O)N2CC3CC=CCC3C2)cc1OC. The van der Waals surface area contributed by atoms with Crippen molar-refractivity contribution in [3.8, 4) is 11.5 Å². The summed E-state index contributed by atoms with van der Waals surface area (Å²) in [4.78, 5) is 14.4. The van der Waals surface area contributed by atoms with E-state index in [1.807, 2.05) is 4.90 Å². The third kappa shape index (κ3) is 3.24. The fourth-order valence-corrected chi connectivity index (χ4v) is 3.53. The molecule has 2 aliphatic rings. The van der Waals surface area contributed by atoms with Gasteiger partial charge in [-0.15, -0.1) is 0 Å². The molecule has 6 heteroatoms. The maximum absolute atomic E-state index is 12.5. The Morgan fingerprint density at radius 1 is 1.13 bits per heavy atom. The second kappa shape index (κ2) is 6.71. The minimum atomic E-state index is -0.117. The van der Waals surface area contributed by atoms with Crippen molar-refractivity contribution in [1.82, 2.24) is 4.90 Å². The number of amides is 2. The van der Waals surface area contributed by atoms with Gasteiger partial charge in [-0.05, 0) is 24.7 Å². The molecule has 0 radical (unpaired) electrons. The number of hydrogen-bond donors (Lipinski definition) is 1. The van der Waals surface area contributed by atoms with Crippen molar-refractivity contribution in [3.63, 3.8) is 0 Å². The second-order valence-electron chi connectivity index (χ2n) is 5.99. The Labute approximate surface area is 141 Å². The van der Waals surface area contributed by atoms with E-state index in [-0.39, 0.29) is 6.03 Å². The van der Waals surface area contributed by atoms with Crippen LogP contribution in [-0.2, 0) is 0 Å². The van der Waals surface area contributed by atoms with Gasteiger partial charge in [0.2, 0.25) is 0 Å². The van der Waals surface area contributed by atoms with E-state index in [4.69, 9.17) is 21.1 Å². The van der Waals surface area contributed by atoms with Crippen molar-refractivity contribution < 1.29 is 14.3 Å². The second-order valence-corrected chi connectivity index (χ2v) is 6.39. The van der Waals surface area contributed by atoms with Gasteiger partial charge in [-0.3, -0.25) is 0 Å². The molecule has 1 aromatic rings. The molecule has 2 atom stereocenters. The first kappa shape index (κ1) is 16.0. The van der Waals surface area contributed by atoms with E-state index in [0.29, 0.717) is 34.0 Å². The number of nitrogens with one attached hydrogen (secondary N) is 1. The van der Waals surface area contributed by atoms with Gasteiger partial charge in [0.15, 0.2) is 11.5 Å². The normalized spacial score (nSPS) is 22.7. The minimum absolute atomic E-state index is 0.117. The Hall–Kier alpha value is -1.88. The molecule has 0 bridgehead atoms. The van der Waals surface area contributed by atoms with Gasteiger partial charge in [0.1, 0.15) is 0 Å². The number of fused-ring (bicyclic) bond motifs is 1. The fourth-order valence-electron chi connectivity index (χ4n) is 3.32. The molecule has 23 heavy (non-hydrogen) atoms. The largest absolute Gasteiger partial charge is 0.493 e. The van der Waals surface area contributed by atoms with E-state index >= 15 is 0 Å². The number of hydrogen-bond acceptors (Lipinski definition) is 3. The average Bonchev–Trinajstić information content (AvgIpc) is 3.00. The van der Waals surface area contributed by atoms with Crippen molar-refractivity contribution in [3.05, 3.63) is 29.3 Å². The van der Waals surface area contributed by atoms with Gasteiger partial charge in [-0.1, -0.05) is 23.8 Å². The molecule has 0 spiro atoms. The molecule has 3 rings (SSSR count). The highest BCUT2D eigenvalue weighted by Gasteiger charge is 2.35. The number of rotatable bonds is 3. The maximum Gasteiger partial charge on any atom is 0.321 e. The zero-order chi connectivity index (χ0) is 16.4. The first-order chi connectivity index (χ1) is 11.1. The number of halogens is 1. The zero-order valence-electron chi connectivity index (χ0n) is 13.3. The summed E-state index contributed by atoms with van der Waals surface area (Å²) < 4.78 is 10.5. The highest BCUT2D eigenvalue weighted by Crippen LogP contribution is 2.37. The molecule has 124 valence electrons. The number of urea groups is 1. The number of carbonyl (C=O) groups excluding carboxylic acids is 1. The molecule has 1 N–H and O–H groups in total. The number of allylic oxidation sites excluding steroid dienone is 2. The van der Waals surface area contributed by atoms with Crippen LogP contribution in [0.2, 0.25) is 5.02 Å². The summed E-state index contributed by atoms with van der Waals surface area (Å²) in [5.41, 5.74) is 0.530. The number of methoxy groups -OCH3 is 2. The Kier molecular flexibility index (Phi) is 4.66. The fraction of sp³-hybridized carbons (Fsp3) is 0.471. The Morgan fingerprint density at radius 3 is 2.26 bits per heavy atom. The molecule has 1 saturated heterocycles. The number of carbonyl (C=O) groups is 1. The van der Waals surface area contributed by atoms with Crippen LogP contribution < -0.4 is 14.8 Å². The first-order valence-electron chi connectivity index (χ1n) is 7.74. The summed E-state index contributed by atoms with van der Waals surface area (Å²) in [5, 5.41) is 3.31. The van der Waals surface area contributed by atoms with Crippen LogP contribution in [0.3, 0.4) is 0 Å². The van der Waals surface area contributed by atoms with Gasteiger partial charge in [-0.25, -0.2) is 4.79 Å². The molecule has 1 aliphatic heterocycles. The molecular formula is C17H21ClN2O3. The van der Waals surface area contributed by atoms with Crippen LogP contribution in [0, 0.1) is 11.8 Å². The summed E-state index contributed by atoms with van der Waals surface area (Å²) in [6.45, 7) is 1.59. The summed E-state index contributed by atoms with van der Waals surface area (Å²) in [7, 11) is 3.10. The summed E-state index contributed by atoms with van der Waals surface area (Å²) in [6, 6.07) is 3.21. The maximum atomic E-state index is 12.5. The molecule has 2 amide bonds. The van der Waals surface area contributed by atoms with Crippen LogP contribution in [0.5, 0.6) is 11.5 Å². The standard InChI is InChI=1S/C17H21ClN2O3/c1-22-15-7-13(18)14(8-16(15)23-2)19-17(21)20-9-11-5-3-4-6-12(11)10-20/h3-4,7-8,11-12H,5-6,9-10H2,1-2H3,(H,19,21). The van der Waals surface area contributed by atoms with Crippen LogP contribution in [0.25, 0.3) is 0 Å². The van der Waals surface area contributed by atoms with E-state index in [0.717, 1.165) is 25.9 Å². The quantitative estimate of drug-likeness (QED) is 0.854. The summed E-state index contributed by atoms with van der Waals surface area (Å²) in [6.07, 6.45) is 6.55. The van der Waals surface area contributed by atoms with Crippen LogP contribution in [0.1, 0.15) is 12.8 Å². The lowest BCUT2D eigenvalue weighted by Crippen LogP contribution is -2.33. The highest BCUT2D eigenvalue weighted by molar-refractivity contribution is 6.34. The predicted octanol–water partition coefficient (Wildman–Crippen LogP) is 3.79. The number of nitrogens with zero attached hydrogens (tertiary/aromatic N) is 1. The van der Waals surface area contributed by atoms with Gasteiger partial charge < -0.3 is 19.7 Å². The zero-order valence-corrected chi connectivity index (χ0v) is 14.1. The topological polar surface area (TPSA) is 50.8 Å². The molecule has 1 aromatic carbocycles. The van der Waals surface area contributed by atoms with E-state index in [9.17, 15) is 4.79 Å². The molecule has 1 aliphatic carbocycles. The third-order valence-corrected chi connectivity index (χ3v) is 4.94. The molecule has 0 aromatic heterocycles. The first-order valence-corrected chi connectivity index (χ1v) is 8.12.